The normalized spacial score (nSPS) is 11.3. The highest BCUT2D eigenvalue weighted by Crippen LogP contribution is 2.20. The summed E-state index contributed by atoms with van der Waals surface area (Å²) in [4.78, 5) is 11.6. The number of carbonyl (C=O) groups is 1. The van der Waals surface area contributed by atoms with E-state index in [0.717, 1.165) is 5.56 Å². The third-order valence-electron chi connectivity index (χ3n) is 2.12. The summed E-state index contributed by atoms with van der Waals surface area (Å²) < 4.78 is 5.37. The maximum Gasteiger partial charge on any atom is 0.250 e. The Morgan fingerprint density at radius 3 is 2.59 bits per heavy atom. The van der Waals surface area contributed by atoms with Crippen LogP contribution < -0.4 is 5.32 Å². The molecular weight excluding hydrogens is 218 g/mol. The summed E-state index contributed by atoms with van der Waals surface area (Å²) >= 11 is 0. The first kappa shape index (κ1) is 13.5. The third-order valence-corrected chi connectivity index (χ3v) is 2.12. The molecule has 0 heterocycles. The minimum Gasteiger partial charge on any atom is -0.508 e. The molecule has 0 unspecified atom stereocenters. The van der Waals surface area contributed by atoms with Gasteiger partial charge in [0.1, 0.15) is 12.4 Å². The van der Waals surface area contributed by atoms with E-state index in [1.54, 1.807) is 12.1 Å². The number of phenolic OH excluding ortho intramolecular Hbond substituents is 1. The van der Waals surface area contributed by atoms with Gasteiger partial charge in [-0.3, -0.25) is 4.79 Å². The van der Waals surface area contributed by atoms with Gasteiger partial charge in [-0.15, -0.1) is 0 Å². The second kappa shape index (κ2) is 5.19. The van der Waals surface area contributed by atoms with E-state index in [9.17, 15) is 9.90 Å². The van der Waals surface area contributed by atoms with Crippen LogP contribution in [-0.4, -0.2) is 23.2 Å². The predicted octanol–water partition coefficient (Wildman–Crippen LogP) is 2.45. The Balaban J connectivity index is 2.57. The Kier molecular flexibility index (Phi) is 4.12. The number of aryl methyl sites for hydroxylation is 1. The number of rotatable bonds is 3. The molecule has 0 aliphatic heterocycles. The number of anilines is 1. The molecule has 0 aromatic heterocycles. The third kappa shape index (κ3) is 4.87. The fourth-order valence-electron chi connectivity index (χ4n) is 1.26. The molecule has 0 spiro atoms. The van der Waals surface area contributed by atoms with Gasteiger partial charge in [-0.25, -0.2) is 0 Å². The van der Waals surface area contributed by atoms with Crippen LogP contribution in [0, 0.1) is 6.92 Å². The zero-order valence-corrected chi connectivity index (χ0v) is 10.7. The second-order valence-corrected chi connectivity index (χ2v) is 4.95. The topological polar surface area (TPSA) is 58.6 Å². The van der Waals surface area contributed by atoms with Crippen molar-refractivity contribution in [2.24, 2.45) is 0 Å². The van der Waals surface area contributed by atoms with Gasteiger partial charge >= 0.3 is 0 Å². The molecule has 1 amide bonds. The number of aromatic hydroxyl groups is 1. The van der Waals surface area contributed by atoms with E-state index >= 15 is 0 Å². The van der Waals surface area contributed by atoms with Gasteiger partial charge in [0, 0.05) is 5.69 Å². The molecule has 17 heavy (non-hydrogen) atoms. The fraction of sp³-hybridized carbons (Fsp3) is 0.462. The van der Waals surface area contributed by atoms with E-state index in [2.05, 4.69) is 5.32 Å². The van der Waals surface area contributed by atoms with E-state index in [1.165, 1.54) is 6.07 Å². The molecule has 1 aromatic rings. The van der Waals surface area contributed by atoms with Crippen molar-refractivity contribution in [3.8, 4) is 5.75 Å². The monoisotopic (exact) mass is 237 g/mol. The van der Waals surface area contributed by atoms with Gasteiger partial charge in [-0.2, -0.15) is 0 Å². The van der Waals surface area contributed by atoms with Crippen molar-refractivity contribution in [2.75, 3.05) is 11.9 Å². The molecule has 4 heteroatoms. The summed E-state index contributed by atoms with van der Waals surface area (Å²) in [5.41, 5.74) is 1.17. The van der Waals surface area contributed by atoms with Crippen molar-refractivity contribution in [1.29, 1.82) is 0 Å². The largest absolute Gasteiger partial charge is 0.508 e. The molecule has 0 saturated heterocycles. The molecule has 4 nitrogen and oxygen atoms in total. The summed E-state index contributed by atoms with van der Waals surface area (Å²) in [7, 11) is 0. The standard InChI is InChI=1S/C13H19NO3/c1-9-7-10(15)5-6-11(9)14-12(16)8-17-13(2,3)4/h5-7,15H,8H2,1-4H3,(H,14,16). The molecule has 1 aromatic carbocycles. The number of nitrogens with one attached hydrogen (secondary N) is 1. The van der Waals surface area contributed by atoms with E-state index in [4.69, 9.17) is 4.74 Å². The van der Waals surface area contributed by atoms with Crippen LogP contribution in [-0.2, 0) is 9.53 Å². The van der Waals surface area contributed by atoms with E-state index < -0.39 is 0 Å². The average molecular weight is 237 g/mol. The van der Waals surface area contributed by atoms with Crippen LogP contribution in [0.1, 0.15) is 26.3 Å². The number of carbonyl (C=O) groups excluding carboxylic acids is 1. The van der Waals surface area contributed by atoms with Crippen LogP contribution in [0.4, 0.5) is 5.69 Å². The highest BCUT2D eigenvalue weighted by Gasteiger charge is 2.13. The predicted molar refractivity (Wildman–Crippen MR) is 67.2 cm³/mol. The van der Waals surface area contributed by atoms with Crippen molar-refractivity contribution in [2.45, 2.75) is 33.3 Å². The first-order valence-corrected chi connectivity index (χ1v) is 5.51. The zero-order valence-electron chi connectivity index (χ0n) is 10.7. The molecule has 1 rings (SSSR count). The van der Waals surface area contributed by atoms with Gasteiger partial charge in [-0.05, 0) is 51.5 Å². The van der Waals surface area contributed by atoms with Crippen molar-refractivity contribution in [3.63, 3.8) is 0 Å². The van der Waals surface area contributed by atoms with Crippen LogP contribution >= 0.6 is 0 Å². The molecule has 0 radical (unpaired) electrons. The zero-order chi connectivity index (χ0) is 13.1. The lowest BCUT2D eigenvalue weighted by Gasteiger charge is -2.19. The van der Waals surface area contributed by atoms with Crippen LogP contribution in [0.25, 0.3) is 0 Å². The van der Waals surface area contributed by atoms with Crippen molar-refractivity contribution >= 4 is 11.6 Å². The maximum absolute atomic E-state index is 11.6. The van der Waals surface area contributed by atoms with Gasteiger partial charge in [0.15, 0.2) is 0 Å². The summed E-state index contributed by atoms with van der Waals surface area (Å²) in [6.07, 6.45) is 0. The van der Waals surface area contributed by atoms with Gasteiger partial charge in [0.05, 0.1) is 5.60 Å². The number of ether oxygens (including phenoxy) is 1. The lowest BCUT2D eigenvalue weighted by atomic mass is 10.2. The highest BCUT2D eigenvalue weighted by molar-refractivity contribution is 5.92. The average Bonchev–Trinajstić information content (AvgIpc) is 2.18. The van der Waals surface area contributed by atoms with Gasteiger partial charge in [0.2, 0.25) is 5.91 Å². The molecule has 0 atom stereocenters. The smallest absolute Gasteiger partial charge is 0.250 e. The second-order valence-electron chi connectivity index (χ2n) is 4.95. The SMILES string of the molecule is Cc1cc(O)ccc1NC(=O)COC(C)(C)C. The summed E-state index contributed by atoms with van der Waals surface area (Å²) in [5, 5.41) is 12.0. The van der Waals surface area contributed by atoms with E-state index in [-0.39, 0.29) is 23.9 Å². The van der Waals surface area contributed by atoms with Crippen LogP contribution in [0.3, 0.4) is 0 Å². The summed E-state index contributed by atoms with van der Waals surface area (Å²) in [5.74, 6) is -0.0137. The van der Waals surface area contributed by atoms with Crippen molar-refractivity contribution in [1.82, 2.24) is 0 Å². The maximum atomic E-state index is 11.6. The Morgan fingerprint density at radius 1 is 1.41 bits per heavy atom. The minimum atomic E-state index is -0.332. The molecule has 0 saturated carbocycles. The first-order valence-electron chi connectivity index (χ1n) is 5.51. The van der Waals surface area contributed by atoms with Crippen LogP contribution in [0.15, 0.2) is 18.2 Å². The lowest BCUT2D eigenvalue weighted by molar-refractivity contribution is -0.125. The summed E-state index contributed by atoms with van der Waals surface area (Å²) in [6, 6.07) is 4.80. The molecule has 94 valence electrons. The summed E-state index contributed by atoms with van der Waals surface area (Å²) in [6.45, 7) is 7.52. The molecule has 2 N–H and O–H groups in total. The minimum absolute atomic E-state index is 0.0177. The van der Waals surface area contributed by atoms with E-state index in [1.807, 2.05) is 27.7 Å². The number of benzene rings is 1. The van der Waals surface area contributed by atoms with Gasteiger partial charge < -0.3 is 15.2 Å². The lowest BCUT2D eigenvalue weighted by Crippen LogP contribution is -2.27. The fourth-order valence-corrected chi connectivity index (χ4v) is 1.26. The number of hydrogen-bond donors (Lipinski definition) is 2. The van der Waals surface area contributed by atoms with Crippen LogP contribution in [0.5, 0.6) is 5.75 Å². The Labute approximate surface area is 102 Å². The van der Waals surface area contributed by atoms with Gasteiger partial charge in [-0.1, -0.05) is 0 Å². The van der Waals surface area contributed by atoms with Crippen LogP contribution in [0.2, 0.25) is 0 Å². The molecule has 0 aliphatic carbocycles. The van der Waals surface area contributed by atoms with Gasteiger partial charge in [0.25, 0.3) is 0 Å². The van der Waals surface area contributed by atoms with Crippen molar-refractivity contribution in [3.05, 3.63) is 23.8 Å². The number of hydrogen-bond acceptors (Lipinski definition) is 3. The number of phenols is 1. The Hall–Kier alpha value is -1.55. The quantitative estimate of drug-likeness (QED) is 0.794. The van der Waals surface area contributed by atoms with Crippen molar-refractivity contribution < 1.29 is 14.6 Å². The molecule has 0 aliphatic rings. The number of amides is 1. The molecular formula is C13H19NO3. The highest BCUT2D eigenvalue weighted by atomic mass is 16.5. The van der Waals surface area contributed by atoms with E-state index in [0.29, 0.717) is 5.69 Å². The Morgan fingerprint density at radius 2 is 2.06 bits per heavy atom. The first-order chi connectivity index (χ1) is 7.78. The molecule has 0 fully saturated rings. The Bertz CT molecular complexity index is 408. The molecule has 0 bridgehead atoms.